The molecule has 0 N–H and O–H groups in total. The van der Waals surface area contributed by atoms with Gasteiger partial charge in [-0.25, -0.2) is 9.97 Å². The van der Waals surface area contributed by atoms with Crippen LogP contribution in [0.4, 0.5) is 19.1 Å². The lowest BCUT2D eigenvalue weighted by Crippen LogP contribution is -2.50. The van der Waals surface area contributed by atoms with Crippen LogP contribution in [0, 0.1) is 6.92 Å². The van der Waals surface area contributed by atoms with Crippen molar-refractivity contribution < 1.29 is 18.0 Å². The first-order valence-corrected chi connectivity index (χ1v) is 7.81. The van der Waals surface area contributed by atoms with E-state index in [-0.39, 0.29) is 18.4 Å². The van der Waals surface area contributed by atoms with Crippen LogP contribution in [-0.4, -0.2) is 40.4 Å². The van der Waals surface area contributed by atoms with Gasteiger partial charge in [-0.2, -0.15) is 13.2 Å². The Morgan fingerprint density at radius 2 is 2.00 bits per heavy atom. The van der Waals surface area contributed by atoms with E-state index in [0.717, 1.165) is 23.4 Å². The molecular weight excluding hydrogens is 333 g/mol. The number of anilines is 1. The van der Waals surface area contributed by atoms with E-state index in [9.17, 15) is 18.0 Å². The predicted octanol–water partition coefficient (Wildman–Crippen LogP) is 2.65. The molecule has 0 atom stereocenters. The molecule has 25 heavy (non-hydrogen) atoms. The zero-order valence-electron chi connectivity index (χ0n) is 13.6. The predicted molar refractivity (Wildman–Crippen MR) is 85.8 cm³/mol. The Morgan fingerprint density at radius 1 is 1.20 bits per heavy atom. The van der Waals surface area contributed by atoms with Crippen LogP contribution in [-0.2, 0) is 17.5 Å². The van der Waals surface area contributed by atoms with E-state index in [0.29, 0.717) is 19.6 Å². The minimum Gasteiger partial charge on any atom is -0.335 e. The quantitative estimate of drug-likeness (QED) is 0.854. The third kappa shape index (κ3) is 4.07. The number of aryl methyl sites for hydroxylation is 1. The molecular formula is C17H17F3N4O. The topological polar surface area (TPSA) is 49.3 Å². The van der Waals surface area contributed by atoms with Crippen LogP contribution in [0.2, 0.25) is 0 Å². The Bertz CT molecular complexity index is 778. The van der Waals surface area contributed by atoms with E-state index < -0.39 is 11.9 Å². The third-order valence-corrected chi connectivity index (χ3v) is 3.99. The molecule has 1 aliphatic rings. The standard InChI is InChI=1S/C17H17F3N4O/c1-12-3-2-4-13(9-12)10-23-7-8-24(11-15(23)25)16-21-6-5-14(22-16)17(18,19)20/h2-6,9H,7-8,10-11H2,1H3. The highest BCUT2D eigenvalue weighted by Crippen LogP contribution is 2.28. The lowest BCUT2D eigenvalue weighted by atomic mass is 10.1. The zero-order valence-corrected chi connectivity index (χ0v) is 13.6. The van der Waals surface area contributed by atoms with E-state index >= 15 is 0 Å². The molecule has 0 unspecified atom stereocenters. The molecule has 2 heterocycles. The van der Waals surface area contributed by atoms with Gasteiger partial charge in [0.15, 0.2) is 0 Å². The van der Waals surface area contributed by atoms with Crippen molar-refractivity contribution in [2.24, 2.45) is 0 Å². The van der Waals surface area contributed by atoms with Crippen molar-refractivity contribution in [3.05, 3.63) is 53.3 Å². The Balaban J connectivity index is 1.69. The van der Waals surface area contributed by atoms with Gasteiger partial charge in [-0.3, -0.25) is 4.79 Å². The summed E-state index contributed by atoms with van der Waals surface area (Å²) in [5, 5.41) is 0. The molecule has 1 amide bonds. The van der Waals surface area contributed by atoms with Gasteiger partial charge in [0.25, 0.3) is 0 Å². The summed E-state index contributed by atoms with van der Waals surface area (Å²) in [6.07, 6.45) is -3.47. The highest BCUT2D eigenvalue weighted by Gasteiger charge is 2.34. The largest absolute Gasteiger partial charge is 0.433 e. The van der Waals surface area contributed by atoms with Crippen molar-refractivity contribution in [3.8, 4) is 0 Å². The van der Waals surface area contributed by atoms with Crippen molar-refractivity contribution in [3.63, 3.8) is 0 Å². The number of aromatic nitrogens is 2. The number of rotatable bonds is 3. The number of alkyl halides is 3. The Morgan fingerprint density at radius 3 is 2.68 bits per heavy atom. The summed E-state index contributed by atoms with van der Waals surface area (Å²) in [6, 6.07) is 8.69. The van der Waals surface area contributed by atoms with Crippen LogP contribution in [0.25, 0.3) is 0 Å². The van der Waals surface area contributed by atoms with Crippen molar-refractivity contribution in [1.29, 1.82) is 0 Å². The first kappa shape index (κ1) is 17.2. The first-order valence-electron chi connectivity index (χ1n) is 7.81. The van der Waals surface area contributed by atoms with Gasteiger partial charge in [0.05, 0.1) is 0 Å². The Labute approximate surface area is 143 Å². The van der Waals surface area contributed by atoms with Gasteiger partial charge in [-0.1, -0.05) is 29.8 Å². The SMILES string of the molecule is Cc1cccc(CN2CCN(c3nccc(C(F)(F)F)n3)CC2=O)c1. The molecule has 1 aromatic heterocycles. The smallest absolute Gasteiger partial charge is 0.335 e. The maximum Gasteiger partial charge on any atom is 0.433 e. The monoisotopic (exact) mass is 350 g/mol. The average Bonchev–Trinajstić information content (AvgIpc) is 2.56. The number of benzene rings is 1. The molecule has 5 nitrogen and oxygen atoms in total. The molecule has 8 heteroatoms. The number of amides is 1. The van der Waals surface area contributed by atoms with Gasteiger partial charge >= 0.3 is 6.18 Å². The number of carbonyl (C=O) groups is 1. The fourth-order valence-corrected chi connectivity index (χ4v) is 2.74. The summed E-state index contributed by atoms with van der Waals surface area (Å²) in [7, 11) is 0. The fourth-order valence-electron chi connectivity index (χ4n) is 2.74. The van der Waals surface area contributed by atoms with E-state index in [1.165, 1.54) is 4.90 Å². The lowest BCUT2D eigenvalue weighted by Gasteiger charge is -2.34. The van der Waals surface area contributed by atoms with Crippen molar-refractivity contribution in [2.45, 2.75) is 19.6 Å². The Kier molecular flexibility index (Phi) is 4.61. The summed E-state index contributed by atoms with van der Waals surface area (Å²) in [4.78, 5) is 22.9. The van der Waals surface area contributed by atoms with Gasteiger partial charge in [-0.15, -0.1) is 0 Å². The maximum absolute atomic E-state index is 12.8. The molecule has 1 fully saturated rings. The van der Waals surface area contributed by atoms with E-state index in [4.69, 9.17) is 0 Å². The number of hydrogen-bond acceptors (Lipinski definition) is 4. The summed E-state index contributed by atoms with van der Waals surface area (Å²) in [5.41, 5.74) is 1.13. The normalized spacial score (nSPS) is 15.6. The average molecular weight is 350 g/mol. The summed E-state index contributed by atoms with van der Waals surface area (Å²) in [5.74, 6) is -0.229. The van der Waals surface area contributed by atoms with Crippen LogP contribution in [0.5, 0.6) is 0 Å². The second-order valence-corrected chi connectivity index (χ2v) is 5.97. The van der Waals surface area contributed by atoms with Crippen LogP contribution >= 0.6 is 0 Å². The maximum atomic E-state index is 12.8. The highest BCUT2D eigenvalue weighted by atomic mass is 19.4. The Hall–Kier alpha value is -2.64. The molecule has 0 saturated carbocycles. The molecule has 2 aromatic rings. The van der Waals surface area contributed by atoms with Crippen molar-refractivity contribution >= 4 is 11.9 Å². The van der Waals surface area contributed by atoms with E-state index in [2.05, 4.69) is 9.97 Å². The van der Waals surface area contributed by atoms with E-state index in [1.54, 1.807) is 4.90 Å². The molecule has 0 spiro atoms. The lowest BCUT2D eigenvalue weighted by molar-refractivity contribution is -0.141. The number of carbonyl (C=O) groups excluding carboxylic acids is 1. The minimum atomic E-state index is -4.53. The summed E-state index contributed by atoms with van der Waals surface area (Å²) < 4.78 is 38.3. The van der Waals surface area contributed by atoms with Gasteiger partial charge in [0, 0.05) is 25.8 Å². The molecule has 0 bridgehead atoms. The molecule has 0 radical (unpaired) electrons. The number of piperazine rings is 1. The van der Waals surface area contributed by atoms with Crippen LogP contribution in [0.1, 0.15) is 16.8 Å². The van der Waals surface area contributed by atoms with Crippen molar-refractivity contribution in [1.82, 2.24) is 14.9 Å². The third-order valence-electron chi connectivity index (χ3n) is 3.99. The van der Waals surface area contributed by atoms with Gasteiger partial charge < -0.3 is 9.80 Å². The summed E-state index contributed by atoms with van der Waals surface area (Å²) >= 11 is 0. The highest BCUT2D eigenvalue weighted by molar-refractivity contribution is 5.82. The van der Waals surface area contributed by atoms with Gasteiger partial charge in [0.2, 0.25) is 11.9 Å². The minimum absolute atomic E-state index is 0.0346. The van der Waals surface area contributed by atoms with Crippen LogP contribution in [0.15, 0.2) is 36.5 Å². The molecule has 1 aliphatic heterocycles. The second kappa shape index (κ2) is 6.70. The zero-order chi connectivity index (χ0) is 18.0. The molecule has 0 aliphatic carbocycles. The first-order chi connectivity index (χ1) is 11.8. The van der Waals surface area contributed by atoms with Gasteiger partial charge in [0.1, 0.15) is 12.2 Å². The van der Waals surface area contributed by atoms with Crippen LogP contribution < -0.4 is 4.90 Å². The molecule has 3 rings (SSSR count). The summed E-state index contributed by atoms with van der Waals surface area (Å²) in [6.45, 7) is 3.23. The molecule has 1 saturated heterocycles. The fraction of sp³-hybridized carbons (Fsp3) is 0.353. The number of hydrogen-bond donors (Lipinski definition) is 0. The number of halogens is 3. The van der Waals surface area contributed by atoms with Crippen LogP contribution in [0.3, 0.4) is 0 Å². The molecule has 1 aromatic carbocycles. The molecule has 132 valence electrons. The number of nitrogens with zero attached hydrogens (tertiary/aromatic N) is 4. The van der Waals surface area contributed by atoms with E-state index in [1.807, 2.05) is 31.2 Å². The second-order valence-electron chi connectivity index (χ2n) is 5.97. The van der Waals surface area contributed by atoms with Crippen molar-refractivity contribution in [2.75, 3.05) is 24.5 Å². The van der Waals surface area contributed by atoms with Gasteiger partial charge in [-0.05, 0) is 18.6 Å².